The van der Waals surface area contributed by atoms with Gasteiger partial charge in [-0.3, -0.25) is 0 Å². The van der Waals surface area contributed by atoms with Crippen molar-refractivity contribution in [3.05, 3.63) is 70.8 Å². The predicted molar refractivity (Wildman–Crippen MR) is 79.2 cm³/mol. The molecule has 2 heteroatoms. The first-order valence-electron chi connectivity index (χ1n) is 6.60. The molecule has 0 aliphatic carbocycles. The van der Waals surface area contributed by atoms with Crippen molar-refractivity contribution in [2.75, 3.05) is 13.7 Å². The maximum Gasteiger partial charge on any atom is 0.0551 e. The van der Waals surface area contributed by atoms with E-state index >= 15 is 0 Å². The molecule has 2 N–H and O–H groups in total. The fourth-order valence-corrected chi connectivity index (χ4v) is 2.08. The van der Waals surface area contributed by atoms with E-state index < -0.39 is 0 Å². The van der Waals surface area contributed by atoms with Crippen molar-refractivity contribution in [2.24, 2.45) is 5.73 Å². The van der Waals surface area contributed by atoms with Crippen molar-refractivity contribution < 1.29 is 4.74 Å². The van der Waals surface area contributed by atoms with E-state index in [9.17, 15) is 0 Å². The maximum atomic E-state index is 6.29. The molecule has 0 saturated carbocycles. The van der Waals surface area contributed by atoms with Crippen LogP contribution in [0.4, 0.5) is 0 Å². The Morgan fingerprint density at radius 1 is 0.947 bits per heavy atom. The molecule has 2 rings (SSSR count). The Balaban J connectivity index is 2.10. The number of nitrogens with two attached hydrogens (primary N) is 1. The molecule has 0 spiro atoms. The van der Waals surface area contributed by atoms with Crippen molar-refractivity contribution in [3.8, 4) is 0 Å². The Hall–Kier alpha value is -1.64. The third-order valence-corrected chi connectivity index (χ3v) is 3.37. The minimum Gasteiger partial charge on any atom is -0.384 e. The first kappa shape index (κ1) is 13.8. The molecule has 2 aromatic rings. The summed E-state index contributed by atoms with van der Waals surface area (Å²) >= 11 is 0. The molecule has 0 aliphatic heterocycles. The van der Waals surface area contributed by atoms with E-state index in [-0.39, 0.29) is 6.04 Å². The number of hydrogen-bond donors (Lipinski definition) is 1. The molecule has 0 aliphatic rings. The Labute approximate surface area is 115 Å². The van der Waals surface area contributed by atoms with Crippen LogP contribution in [0.1, 0.15) is 28.3 Å². The zero-order chi connectivity index (χ0) is 13.7. The average molecular weight is 255 g/mol. The minimum atomic E-state index is -0.0583. The maximum absolute atomic E-state index is 6.29. The average Bonchev–Trinajstić information content (AvgIpc) is 2.46. The lowest BCUT2D eigenvalue weighted by molar-refractivity contribution is 0.202. The summed E-state index contributed by atoms with van der Waals surface area (Å²) in [6.07, 6.45) is 0.941. The smallest absolute Gasteiger partial charge is 0.0551 e. The largest absolute Gasteiger partial charge is 0.384 e. The van der Waals surface area contributed by atoms with Gasteiger partial charge < -0.3 is 10.5 Å². The number of ether oxygens (including phenoxy) is 1. The van der Waals surface area contributed by atoms with Gasteiger partial charge >= 0.3 is 0 Å². The van der Waals surface area contributed by atoms with Gasteiger partial charge in [-0.2, -0.15) is 0 Å². The Bertz CT molecular complexity index is 502. The van der Waals surface area contributed by atoms with Crippen LogP contribution in [-0.4, -0.2) is 13.7 Å². The second kappa shape index (κ2) is 6.50. The summed E-state index contributed by atoms with van der Waals surface area (Å²) in [7, 11) is 1.72. The molecular formula is C17H21NO. The molecule has 0 saturated heterocycles. The lowest BCUT2D eigenvalue weighted by Crippen LogP contribution is -2.11. The van der Waals surface area contributed by atoms with Crippen molar-refractivity contribution in [3.63, 3.8) is 0 Å². The highest BCUT2D eigenvalue weighted by atomic mass is 16.5. The summed E-state index contributed by atoms with van der Waals surface area (Å²) in [6, 6.07) is 16.8. The molecule has 0 heterocycles. The van der Waals surface area contributed by atoms with Crippen LogP contribution in [0.25, 0.3) is 0 Å². The van der Waals surface area contributed by atoms with E-state index in [0.29, 0.717) is 0 Å². The highest BCUT2D eigenvalue weighted by molar-refractivity contribution is 5.34. The fourth-order valence-electron chi connectivity index (χ4n) is 2.08. The first-order chi connectivity index (χ1) is 9.20. The van der Waals surface area contributed by atoms with E-state index in [2.05, 4.69) is 55.5 Å². The Morgan fingerprint density at radius 3 is 2.00 bits per heavy atom. The van der Waals surface area contributed by atoms with Crippen LogP contribution in [0.15, 0.2) is 48.5 Å². The first-order valence-corrected chi connectivity index (χ1v) is 6.60. The van der Waals surface area contributed by atoms with Gasteiger partial charge in [-0.05, 0) is 30.0 Å². The topological polar surface area (TPSA) is 35.2 Å². The van der Waals surface area contributed by atoms with Gasteiger partial charge in [0.25, 0.3) is 0 Å². The molecule has 0 amide bonds. The summed E-state index contributed by atoms with van der Waals surface area (Å²) in [4.78, 5) is 0. The fraction of sp³-hybridized carbons (Fsp3) is 0.294. The van der Waals surface area contributed by atoms with Gasteiger partial charge in [-0.15, -0.1) is 0 Å². The van der Waals surface area contributed by atoms with Gasteiger partial charge in [0.1, 0.15) is 0 Å². The number of rotatable bonds is 5. The summed E-state index contributed by atoms with van der Waals surface area (Å²) in [5.74, 6) is 0. The molecule has 0 fully saturated rings. The molecular weight excluding hydrogens is 234 g/mol. The van der Waals surface area contributed by atoms with Crippen LogP contribution >= 0.6 is 0 Å². The quantitative estimate of drug-likeness (QED) is 0.890. The number of benzene rings is 2. The van der Waals surface area contributed by atoms with Crippen LogP contribution in [0, 0.1) is 6.92 Å². The van der Waals surface area contributed by atoms with E-state index in [4.69, 9.17) is 10.5 Å². The molecule has 19 heavy (non-hydrogen) atoms. The normalized spacial score (nSPS) is 12.4. The van der Waals surface area contributed by atoms with Crippen molar-refractivity contribution >= 4 is 0 Å². The van der Waals surface area contributed by atoms with Crippen LogP contribution in [0.3, 0.4) is 0 Å². The molecule has 2 nitrogen and oxygen atoms in total. The van der Waals surface area contributed by atoms with Gasteiger partial charge in [0.2, 0.25) is 0 Å². The van der Waals surface area contributed by atoms with Crippen LogP contribution in [0.5, 0.6) is 0 Å². The van der Waals surface area contributed by atoms with Crippen molar-refractivity contribution in [1.29, 1.82) is 0 Å². The SMILES string of the molecule is COCCc1ccc(C(N)c2ccc(C)cc2)cc1. The molecule has 0 bridgehead atoms. The molecule has 1 atom stereocenters. The lowest BCUT2D eigenvalue weighted by Gasteiger charge is -2.13. The van der Waals surface area contributed by atoms with E-state index in [1.54, 1.807) is 7.11 Å². The highest BCUT2D eigenvalue weighted by Gasteiger charge is 2.08. The third-order valence-electron chi connectivity index (χ3n) is 3.37. The standard InChI is InChI=1S/C17H21NO/c1-13-3-7-15(8-4-13)17(18)16-9-5-14(6-10-16)11-12-19-2/h3-10,17H,11-12,18H2,1-2H3. The van der Waals surface area contributed by atoms with Gasteiger partial charge in [-0.25, -0.2) is 0 Å². The Morgan fingerprint density at radius 2 is 1.47 bits per heavy atom. The summed E-state index contributed by atoms with van der Waals surface area (Å²) in [5.41, 5.74) is 11.1. The molecule has 100 valence electrons. The number of methoxy groups -OCH3 is 1. The van der Waals surface area contributed by atoms with Crippen molar-refractivity contribution in [2.45, 2.75) is 19.4 Å². The second-order valence-electron chi connectivity index (χ2n) is 4.87. The van der Waals surface area contributed by atoms with E-state index in [0.717, 1.165) is 24.2 Å². The van der Waals surface area contributed by atoms with Crippen LogP contribution in [0.2, 0.25) is 0 Å². The number of hydrogen-bond acceptors (Lipinski definition) is 2. The van der Waals surface area contributed by atoms with Crippen molar-refractivity contribution in [1.82, 2.24) is 0 Å². The summed E-state index contributed by atoms with van der Waals surface area (Å²) in [6.45, 7) is 2.84. The summed E-state index contributed by atoms with van der Waals surface area (Å²) in [5, 5.41) is 0. The molecule has 1 unspecified atom stereocenters. The summed E-state index contributed by atoms with van der Waals surface area (Å²) < 4.78 is 5.08. The van der Waals surface area contributed by atoms with Crippen LogP contribution < -0.4 is 5.73 Å². The number of aryl methyl sites for hydroxylation is 1. The second-order valence-corrected chi connectivity index (χ2v) is 4.87. The minimum absolute atomic E-state index is 0.0583. The third kappa shape index (κ3) is 3.66. The predicted octanol–water partition coefficient (Wildman–Crippen LogP) is 3.23. The van der Waals surface area contributed by atoms with Gasteiger partial charge in [0.05, 0.1) is 12.6 Å². The Kier molecular flexibility index (Phi) is 4.72. The van der Waals surface area contributed by atoms with E-state index in [1.165, 1.54) is 11.1 Å². The van der Waals surface area contributed by atoms with Gasteiger partial charge in [0, 0.05) is 7.11 Å². The zero-order valence-corrected chi connectivity index (χ0v) is 11.6. The zero-order valence-electron chi connectivity index (χ0n) is 11.6. The van der Waals surface area contributed by atoms with Crippen LogP contribution in [-0.2, 0) is 11.2 Å². The van der Waals surface area contributed by atoms with Gasteiger partial charge in [-0.1, -0.05) is 54.1 Å². The molecule has 0 aromatic heterocycles. The lowest BCUT2D eigenvalue weighted by atomic mass is 9.97. The molecule has 0 radical (unpaired) electrons. The molecule has 2 aromatic carbocycles. The highest BCUT2D eigenvalue weighted by Crippen LogP contribution is 2.20. The van der Waals surface area contributed by atoms with Gasteiger partial charge in [0.15, 0.2) is 0 Å². The monoisotopic (exact) mass is 255 g/mol. The van der Waals surface area contributed by atoms with E-state index in [1.807, 2.05) is 0 Å².